The maximum absolute atomic E-state index is 9.57. The predicted octanol–water partition coefficient (Wildman–Crippen LogP) is 3.90. The number of piperazine rings is 1. The summed E-state index contributed by atoms with van der Waals surface area (Å²) >= 11 is 6.68. The summed E-state index contributed by atoms with van der Waals surface area (Å²) in [5.41, 5.74) is 4.33. The van der Waals surface area contributed by atoms with E-state index in [0.717, 1.165) is 35.1 Å². The number of anilines is 1. The van der Waals surface area contributed by atoms with Crippen molar-refractivity contribution in [2.45, 2.75) is 25.9 Å². The molecule has 0 aliphatic carbocycles. The Morgan fingerprint density at radius 3 is 2.68 bits per heavy atom. The number of hydrogen-bond donors (Lipinski definition) is 1. The molecule has 2 atom stereocenters. The number of pyridine rings is 2. The molecule has 0 saturated carbocycles. The van der Waals surface area contributed by atoms with Crippen LogP contribution in [-0.2, 0) is 7.05 Å². The minimum absolute atomic E-state index is 0.409. The van der Waals surface area contributed by atoms with Crippen molar-refractivity contribution in [3.8, 4) is 17.3 Å². The molecule has 1 aliphatic rings. The Morgan fingerprint density at radius 1 is 1.16 bits per heavy atom. The van der Waals surface area contributed by atoms with Crippen molar-refractivity contribution < 1.29 is 0 Å². The highest BCUT2D eigenvalue weighted by Gasteiger charge is 2.22. The van der Waals surface area contributed by atoms with Crippen LogP contribution < -0.4 is 10.2 Å². The smallest absolute Gasteiger partial charge is 0.161 e. The summed E-state index contributed by atoms with van der Waals surface area (Å²) in [6, 6.07) is 10.7. The van der Waals surface area contributed by atoms with Gasteiger partial charge in [-0.05, 0) is 38.1 Å². The molecule has 156 valence electrons. The van der Waals surface area contributed by atoms with Crippen LogP contribution in [0.1, 0.15) is 19.4 Å². The Labute approximate surface area is 185 Å². The van der Waals surface area contributed by atoms with Crippen LogP contribution in [-0.4, -0.2) is 44.9 Å². The largest absolute Gasteiger partial charge is 0.367 e. The van der Waals surface area contributed by atoms with E-state index in [2.05, 4.69) is 46.3 Å². The number of rotatable bonds is 2. The standard InChI is InChI=1S/C23H22ClN7/c1-13-10-31(11-14(2)27-13)18-6-19-20(24)7-21(28-23(19)26-9-18)15-4-16(8-25)22-17(5-15)12-30(3)29-22/h4-7,9,12-14,27H,10-11H2,1-3H3/t13-,14-/m1/s1. The number of aromatic nitrogens is 4. The second-order valence-corrected chi connectivity index (χ2v) is 8.71. The van der Waals surface area contributed by atoms with E-state index < -0.39 is 0 Å². The molecule has 0 spiro atoms. The molecule has 0 unspecified atom stereocenters. The molecule has 0 amide bonds. The second kappa shape index (κ2) is 7.49. The van der Waals surface area contributed by atoms with Gasteiger partial charge in [-0.2, -0.15) is 10.4 Å². The Kier molecular flexibility index (Phi) is 4.77. The third-order valence-electron chi connectivity index (χ3n) is 5.66. The van der Waals surface area contributed by atoms with E-state index in [1.807, 2.05) is 31.6 Å². The maximum Gasteiger partial charge on any atom is 0.161 e. The molecule has 7 nitrogen and oxygen atoms in total. The van der Waals surface area contributed by atoms with Crippen LogP contribution in [0.5, 0.6) is 0 Å². The molecule has 1 fully saturated rings. The molecule has 0 radical (unpaired) electrons. The topological polar surface area (TPSA) is 82.7 Å². The van der Waals surface area contributed by atoms with Gasteiger partial charge in [0.05, 0.1) is 28.2 Å². The van der Waals surface area contributed by atoms with Gasteiger partial charge in [-0.15, -0.1) is 0 Å². The van der Waals surface area contributed by atoms with Crippen LogP contribution in [0.4, 0.5) is 5.69 Å². The molecule has 1 saturated heterocycles. The molecular formula is C23H22ClN7. The van der Waals surface area contributed by atoms with Gasteiger partial charge in [-0.25, -0.2) is 9.97 Å². The summed E-state index contributed by atoms with van der Waals surface area (Å²) in [6.45, 7) is 6.21. The molecule has 31 heavy (non-hydrogen) atoms. The van der Waals surface area contributed by atoms with Gasteiger partial charge in [0.2, 0.25) is 0 Å². The lowest BCUT2D eigenvalue weighted by Crippen LogP contribution is -2.54. The third kappa shape index (κ3) is 3.58. The predicted molar refractivity (Wildman–Crippen MR) is 123 cm³/mol. The first kappa shape index (κ1) is 19.7. The average molecular weight is 432 g/mol. The summed E-state index contributed by atoms with van der Waals surface area (Å²) in [7, 11) is 1.84. The summed E-state index contributed by atoms with van der Waals surface area (Å²) in [4.78, 5) is 11.7. The molecule has 4 aromatic rings. The second-order valence-electron chi connectivity index (χ2n) is 8.30. The summed E-state index contributed by atoms with van der Waals surface area (Å²) in [5.74, 6) is 0. The Balaban J connectivity index is 1.58. The molecule has 1 N–H and O–H groups in total. The molecule has 5 rings (SSSR count). The first-order valence-electron chi connectivity index (χ1n) is 10.3. The van der Waals surface area contributed by atoms with E-state index in [0.29, 0.717) is 39.5 Å². The van der Waals surface area contributed by atoms with Crippen LogP contribution in [0.15, 0.2) is 36.7 Å². The lowest BCUT2D eigenvalue weighted by Gasteiger charge is -2.37. The number of nitrogens with one attached hydrogen (secondary N) is 1. The Hall–Kier alpha value is -3.21. The quantitative estimate of drug-likeness (QED) is 0.518. The first-order valence-corrected chi connectivity index (χ1v) is 10.6. The summed E-state index contributed by atoms with van der Waals surface area (Å²) in [6.07, 6.45) is 3.76. The van der Waals surface area contributed by atoms with E-state index >= 15 is 0 Å². The van der Waals surface area contributed by atoms with E-state index in [-0.39, 0.29) is 0 Å². The zero-order valence-electron chi connectivity index (χ0n) is 17.6. The molecular weight excluding hydrogens is 410 g/mol. The average Bonchev–Trinajstić information content (AvgIpc) is 3.12. The molecule has 0 bridgehead atoms. The van der Waals surface area contributed by atoms with Crippen LogP contribution >= 0.6 is 11.6 Å². The Bertz CT molecular complexity index is 1340. The monoisotopic (exact) mass is 431 g/mol. The molecule has 1 aliphatic heterocycles. The highest BCUT2D eigenvalue weighted by molar-refractivity contribution is 6.35. The van der Waals surface area contributed by atoms with Crippen molar-refractivity contribution >= 4 is 39.2 Å². The Morgan fingerprint density at radius 2 is 1.94 bits per heavy atom. The fourth-order valence-electron chi connectivity index (χ4n) is 4.40. The lowest BCUT2D eigenvalue weighted by molar-refractivity contribution is 0.407. The van der Waals surface area contributed by atoms with Gasteiger partial charge in [0.1, 0.15) is 11.6 Å². The van der Waals surface area contributed by atoms with E-state index in [9.17, 15) is 5.26 Å². The minimum Gasteiger partial charge on any atom is -0.367 e. The molecule has 3 aromatic heterocycles. The van der Waals surface area contributed by atoms with Crippen LogP contribution in [0, 0.1) is 11.3 Å². The van der Waals surface area contributed by atoms with Crippen LogP contribution in [0.3, 0.4) is 0 Å². The molecule has 1 aromatic carbocycles. The van der Waals surface area contributed by atoms with Gasteiger partial charge in [-0.3, -0.25) is 4.68 Å². The lowest BCUT2D eigenvalue weighted by atomic mass is 10.0. The number of benzene rings is 1. The summed E-state index contributed by atoms with van der Waals surface area (Å²) in [5, 5.41) is 19.8. The van der Waals surface area contributed by atoms with Crippen molar-refractivity contribution in [1.29, 1.82) is 5.26 Å². The number of nitriles is 1. The van der Waals surface area contributed by atoms with Gasteiger partial charge in [0.15, 0.2) is 5.65 Å². The number of nitrogens with zero attached hydrogens (tertiary/aromatic N) is 6. The van der Waals surface area contributed by atoms with E-state index in [1.165, 1.54) is 0 Å². The van der Waals surface area contributed by atoms with Gasteiger partial charge in [0.25, 0.3) is 0 Å². The van der Waals surface area contributed by atoms with Gasteiger partial charge >= 0.3 is 0 Å². The van der Waals surface area contributed by atoms with Gasteiger partial charge in [-0.1, -0.05) is 11.6 Å². The summed E-state index contributed by atoms with van der Waals surface area (Å²) < 4.78 is 1.71. The number of hydrogen-bond acceptors (Lipinski definition) is 6. The normalized spacial score (nSPS) is 19.1. The first-order chi connectivity index (χ1) is 14.9. The SMILES string of the molecule is C[C@@H]1CN(c2cnc3nc(-c4cc(C#N)c5nn(C)cc5c4)cc(Cl)c3c2)C[C@@H](C)N1. The molecule has 4 heterocycles. The number of fused-ring (bicyclic) bond motifs is 2. The van der Waals surface area contributed by atoms with Crippen molar-refractivity contribution in [3.05, 3.63) is 47.2 Å². The number of halogens is 1. The number of aryl methyl sites for hydroxylation is 1. The highest BCUT2D eigenvalue weighted by atomic mass is 35.5. The highest BCUT2D eigenvalue weighted by Crippen LogP contribution is 2.32. The van der Waals surface area contributed by atoms with Crippen molar-refractivity contribution in [1.82, 2.24) is 25.1 Å². The van der Waals surface area contributed by atoms with Gasteiger partial charge in [0, 0.05) is 54.8 Å². The van der Waals surface area contributed by atoms with E-state index in [4.69, 9.17) is 16.6 Å². The van der Waals surface area contributed by atoms with Crippen molar-refractivity contribution in [2.24, 2.45) is 7.05 Å². The maximum atomic E-state index is 9.57. The molecule has 8 heteroatoms. The van der Waals surface area contributed by atoms with Crippen LogP contribution in [0.2, 0.25) is 5.02 Å². The van der Waals surface area contributed by atoms with Crippen LogP contribution in [0.25, 0.3) is 33.2 Å². The fourth-order valence-corrected chi connectivity index (χ4v) is 4.64. The zero-order valence-corrected chi connectivity index (χ0v) is 18.4. The third-order valence-corrected chi connectivity index (χ3v) is 5.97. The zero-order chi connectivity index (χ0) is 21.7. The van der Waals surface area contributed by atoms with Crippen molar-refractivity contribution in [3.63, 3.8) is 0 Å². The van der Waals surface area contributed by atoms with E-state index in [1.54, 1.807) is 10.7 Å². The minimum atomic E-state index is 0.409. The fraction of sp³-hybridized carbons (Fsp3) is 0.304. The van der Waals surface area contributed by atoms with Gasteiger partial charge < -0.3 is 10.2 Å². The van der Waals surface area contributed by atoms with Crippen molar-refractivity contribution in [2.75, 3.05) is 18.0 Å².